The van der Waals surface area contributed by atoms with Gasteiger partial charge in [0.2, 0.25) is 5.91 Å². The molecular weight excluding hydrogens is 406 g/mol. The van der Waals surface area contributed by atoms with Crippen molar-refractivity contribution >= 4 is 17.5 Å². The molecule has 0 saturated carbocycles. The average molecular weight is 427 g/mol. The Morgan fingerprint density at radius 3 is 2.50 bits per heavy atom. The molecule has 2 amide bonds. The fourth-order valence-electron chi connectivity index (χ4n) is 4.02. The lowest BCUT2D eigenvalue weighted by atomic mass is 10.1. The zero-order chi connectivity index (χ0) is 22.2. The number of aromatic amines is 1. The largest absolute Gasteiger partial charge is 0.457 e. The van der Waals surface area contributed by atoms with Gasteiger partial charge in [-0.2, -0.15) is 5.10 Å². The van der Waals surface area contributed by atoms with E-state index in [0.29, 0.717) is 36.6 Å². The lowest BCUT2D eigenvalue weighted by Gasteiger charge is -2.24. The maximum absolute atomic E-state index is 12.3. The van der Waals surface area contributed by atoms with Crippen LogP contribution in [0.3, 0.4) is 0 Å². The molecule has 1 aliphatic rings. The number of rotatable bonds is 5. The number of carbonyl (C=O) groups excluding carboxylic acids is 2. The first-order valence-corrected chi connectivity index (χ1v) is 10.2. The first-order valence-electron chi connectivity index (χ1n) is 10.2. The summed E-state index contributed by atoms with van der Waals surface area (Å²) >= 11 is 0. The first-order chi connectivity index (χ1) is 15.5. The van der Waals surface area contributed by atoms with Crippen LogP contribution in [0.15, 0.2) is 67.3 Å². The van der Waals surface area contributed by atoms with Gasteiger partial charge >= 0.3 is 0 Å². The van der Waals surface area contributed by atoms with Gasteiger partial charge in [-0.1, -0.05) is 24.8 Å². The molecule has 2 aromatic heterocycles. The maximum Gasteiger partial charge on any atom is 0.269 e. The second-order valence-electron chi connectivity index (χ2n) is 7.55. The van der Waals surface area contributed by atoms with Crippen LogP contribution in [-0.4, -0.2) is 37.9 Å². The highest BCUT2D eigenvalue weighted by molar-refractivity contribution is 5.98. The van der Waals surface area contributed by atoms with Crippen LogP contribution >= 0.6 is 0 Å². The van der Waals surface area contributed by atoms with Gasteiger partial charge in [0.05, 0.1) is 17.9 Å². The third-order valence-corrected chi connectivity index (χ3v) is 5.57. The zero-order valence-corrected chi connectivity index (χ0v) is 17.2. The zero-order valence-electron chi connectivity index (χ0n) is 17.2. The number of imidazole rings is 1. The number of ether oxygens (including phenoxy) is 1. The summed E-state index contributed by atoms with van der Waals surface area (Å²) in [6.07, 6.45) is 1.91. The fourth-order valence-corrected chi connectivity index (χ4v) is 4.02. The van der Waals surface area contributed by atoms with Gasteiger partial charge in [-0.25, -0.2) is 4.52 Å². The molecule has 8 nitrogen and oxygen atoms in total. The average Bonchev–Trinajstić information content (AvgIpc) is 3.35. The van der Waals surface area contributed by atoms with E-state index in [1.54, 1.807) is 9.42 Å². The van der Waals surface area contributed by atoms with Crippen LogP contribution in [0.25, 0.3) is 16.9 Å². The molecule has 32 heavy (non-hydrogen) atoms. The molecule has 0 atom stereocenters. The van der Waals surface area contributed by atoms with Crippen molar-refractivity contribution in [3.63, 3.8) is 0 Å². The number of para-hydroxylation sites is 1. The number of nitrogens with zero attached hydrogens (tertiary/aromatic N) is 3. The Kier molecular flexibility index (Phi) is 4.74. The molecule has 1 aliphatic heterocycles. The number of nitrogens with one attached hydrogen (secondary N) is 1. The molecule has 8 heteroatoms. The topological polar surface area (TPSA) is 106 Å². The van der Waals surface area contributed by atoms with E-state index in [1.807, 2.05) is 54.6 Å². The van der Waals surface area contributed by atoms with E-state index >= 15 is 0 Å². The third-order valence-electron chi connectivity index (χ3n) is 5.57. The summed E-state index contributed by atoms with van der Waals surface area (Å²) in [6, 6.07) is 16.9. The molecule has 4 aromatic rings. The van der Waals surface area contributed by atoms with Crippen molar-refractivity contribution in [3.05, 3.63) is 84.2 Å². The molecule has 0 unspecified atom stereocenters. The number of benzene rings is 2. The minimum Gasteiger partial charge on any atom is -0.457 e. The maximum atomic E-state index is 12.3. The summed E-state index contributed by atoms with van der Waals surface area (Å²) in [4.78, 5) is 29.4. The molecule has 0 bridgehead atoms. The highest BCUT2D eigenvalue weighted by atomic mass is 16.5. The van der Waals surface area contributed by atoms with E-state index in [-0.39, 0.29) is 11.6 Å². The van der Waals surface area contributed by atoms with Gasteiger partial charge in [-0.05, 0) is 42.5 Å². The predicted molar refractivity (Wildman–Crippen MR) is 119 cm³/mol. The normalized spacial score (nSPS) is 13.1. The monoisotopic (exact) mass is 427 g/mol. The number of nitrogens with two attached hydrogens (primary N) is 1. The van der Waals surface area contributed by atoms with Crippen molar-refractivity contribution in [1.82, 2.24) is 19.5 Å². The molecule has 0 radical (unpaired) electrons. The van der Waals surface area contributed by atoms with Crippen molar-refractivity contribution in [2.45, 2.75) is 13.0 Å². The van der Waals surface area contributed by atoms with E-state index in [0.717, 1.165) is 22.6 Å². The second kappa shape index (κ2) is 7.73. The molecule has 0 spiro atoms. The molecule has 5 rings (SSSR count). The van der Waals surface area contributed by atoms with Crippen molar-refractivity contribution in [1.29, 1.82) is 0 Å². The Hall–Kier alpha value is -4.33. The minimum absolute atomic E-state index is 0.133. The number of carbonyl (C=O) groups is 2. The minimum atomic E-state index is -0.588. The summed E-state index contributed by atoms with van der Waals surface area (Å²) in [5.74, 6) is 0.690. The lowest BCUT2D eigenvalue weighted by Crippen LogP contribution is -2.34. The standard InChI is InChI=1S/C24H21N5O3/c1-2-20(30)28-13-12-19-18(14-28)24-26-21(22(23(25)31)29(24)27-19)15-8-10-17(11-9-15)32-16-6-4-3-5-7-16/h2-11,26H,1,12-14H2,(H2,25,31). The number of H-pyrrole nitrogens is 1. The van der Waals surface area contributed by atoms with Crippen molar-refractivity contribution in [2.24, 2.45) is 5.73 Å². The van der Waals surface area contributed by atoms with E-state index < -0.39 is 5.91 Å². The summed E-state index contributed by atoms with van der Waals surface area (Å²) in [5.41, 5.74) is 9.73. The van der Waals surface area contributed by atoms with Crippen LogP contribution in [0.2, 0.25) is 0 Å². The summed E-state index contributed by atoms with van der Waals surface area (Å²) in [5, 5.41) is 4.61. The summed E-state index contributed by atoms with van der Waals surface area (Å²) in [7, 11) is 0. The van der Waals surface area contributed by atoms with Crippen LogP contribution in [0.5, 0.6) is 11.5 Å². The highest BCUT2D eigenvalue weighted by Crippen LogP contribution is 2.31. The molecule has 2 aromatic carbocycles. The second-order valence-corrected chi connectivity index (χ2v) is 7.55. The van der Waals surface area contributed by atoms with Crippen molar-refractivity contribution < 1.29 is 14.3 Å². The summed E-state index contributed by atoms with van der Waals surface area (Å²) < 4.78 is 7.40. The number of primary amides is 1. The highest BCUT2D eigenvalue weighted by Gasteiger charge is 2.28. The Balaban J connectivity index is 1.52. The number of aromatic nitrogens is 3. The Bertz CT molecular complexity index is 1340. The van der Waals surface area contributed by atoms with E-state index in [2.05, 4.69) is 16.7 Å². The number of amides is 2. The van der Waals surface area contributed by atoms with Gasteiger partial charge in [-0.3, -0.25) is 9.59 Å². The quantitative estimate of drug-likeness (QED) is 0.477. The van der Waals surface area contributed by atoms with Gasteiger partial charge in [0, 0.05) is 24.1 Å². The van der Waals surface area contributed by atoms with Gasteiger partial charge in [0.15, 0.2) is 5.69 Å². The molecule has 160 valence electrons. The molecule has 0 aliphatic carbocycles. The Morgan fingerprint density at radius 2 is 1.81 bits per heavy atom. The van der Waals surface area contributed by atoms with Crippen LogP contribution in [0, 0.1) is 0 Å². The molecule has 0 saturated heterocycles. The summed E-state index contributed by atoms with van der Waals surface area (Å²) in [6.45, 7) is 4.51. The van der Waals surface area contributed by atoms with Crippen LogP contribution in [-0.2, 0) is 17.8 Å². The SMILES string of the molecule is C=CC(=O)N1CCc2nn3c(C(N)=O)c(-c4ccc(Oc5ccccc5)cc4)[nH]c3c2C1. The van der Waals surface area contributed by atoms with E-state index in [9.17, 15) is 9.59 Å². The van der Waals surface area contributed by atoms with Gasteiger partial charge in [0.25, 0.3) is 5.91 Å². The molecule has 0 fully saturated rings. The molecule has 3 heterocycles. The Labute approximate surface area is 183 Å². The van der Waals surface area contributed by atoms with Crippen molar-refractivity contribution in [2.75, 3.05) is 6.54 Å². The smallest absolute Gasteiger partial charge is 0.269 e. The van der Waals surface area contributed by atoms with Gasteiger partial charge in [-0.15, -0.1) is 0 Å². The number of fused-ring (bicyclic) bond motifs is 3. The van der Waals surface area contributed by atoms with Gasteiger partial charge < -0.3 is 20.4 Å². The lowest BCUT2D eigenvalue weighted by molar-refractivity contribution is -0.126. The molecular formula is C24H21N5O3. The number of hydrogen-bond donors (Lipinski definition) is 2. The van der Waals surface area contributed by atoms with Crippen molar-refractivity contribution in [3.8, 4) is 22.8 Å². The van der Waals surface area contributed by atoms with Crippen LogP contribution < -0.4 is 10.5 Å². The molecule has 3 N–H and O–H groups in total. The fraction of sp³-hybridized carbons (Fsp3) is 0.125. The number of hydrogen-bond acceptors (Lipinski definition) is 4. The third kappa shape index (κ3) is 3.31. The van der Waals surface area contributed by atoms with E-state index in [1.165, 1.54) is 6.08 Å². The predicted octanol–water partition coefficient (Wildman–Crippen LogP) is 3.29. The Morgan fingerprint density at radius 1 is 1.09 bits per heavy atom. The van der Waals surface area contributed by atoms with E-state index in [4.69, 9.17) is 10.5 Å². The van der Waals surface area contributed by atoms with Gasteiger partial charge in [0.1, 0.15) is 17.1 Å². The van der Waals surface area contributed by atoms with Crippen LogP contribution in [0.4, 0.5) is 0 Å². The first kappa shape index (κ1) is 19.6. The van der Waals surface area contributed by atoms with Crippen LogP contribution in [0.1, 0.15) is 21.7 Å².